The Kier molecular flexibility index (Phi) is 4.86. The molecule has 1 aromatic rings. The molecule has 1 N–H and O–H groups in total. The van der Waals surface area contributed by atoms with Crippen molar-refractivity contribution in [3.8, 4) is 0 Å². The van der Waals surface area contributed by atoms with E-state index >= 15 is 0 Å². The van der Waals surface area contributed by atoms with E-state index in [1.807, 2.05) is 18.2 Å². The SMILES string of the molecule is C=C(C)CC1CCC(NC(=C)c2ccccc2)BO1. The zero-order valence-corrected chi connectivity index (χ0v) is 11.7. The Morgan fingerprint density at radius 3 is 2.63 bits per heavy atom. The molecule has 1 aliphatic rings. The van der Waals surface area contributed by atoms with E-state index in [0.29, 0.717) is 12.0 Å². The van der Waals surface area contributed by atoms with Crippen LogP contribution in [0.3, 0.4) is 0 Å². The van der Waals surface area contributed by atoms with Crippen LogP contribution in [0.4, 0.5) is 0 Å². The van der Waals surface area contributed by atoms with Crippen LogP contribution in [-0.2, 0) is 4.65 Å². The largest absolute Gasteiger partial charge is 0.434 e. The lowest BCUT2D eigenvalue weighted by atomic mass is 9.78. The molecule has 1 aliphatic heterocycles. The molecule has 1 aromatic carbocycles. The molecule has 0 amide bonds. The Morgan fingerprint density at radius 2 is 2.05 bits per heavy atom. The molecule has 0 aliphatic carbocycles. The summed E-state index contributed by atoms with van der Waals surface area (Å²) < 4.78 is 5.87. The molecule has 0 spiro atoms. The van der Waals surface area contributed by atoms with E-state index in [-0.39, 0.29) is 0 Å². The Hall–Kier alpha value is -1.48. The maximum Gasteiger partial charge on any atom is 0.297 e. The fourth-order valence-electron chi connectivity index (χ4n) is 2.44. The normalized spacial score (nSPS) is 22.4. The van der Waals surface area contributed by atoms with Gasteiger partial charge in [0.2, 0.25) is 0 Å². The lowest BCUT2D eigenvalue weighted by Crippen LogP contribution is -2.41. The average Bonchev–Trinajstić information content (AvgIpc) is 2.41. The second-order valence-corrected chi connectivity index (χ2v) is 5.38. The summed E-state index contributed by atoms with van der Waals surface area (Å²) in [5.41, 5.74) is 3.32. The summed E-state index contributed by atoms with van der Waals surface area (Å²) in [6, 6.07) is 10.2. The molecular formula is C16H22BNO. The standard InChI is InChI=1S/C16H22BNO/c1-12(2)11-15-9-10-16(17-19-15)18-13(3)14-7-5-4-6-8-14/h4-8,15-18H,1,3,9-11H2,2H3. The minimum Gasteiger partial charge on any atom is -0.434 e. The lowest BCUT2D eigenvalue weighted by Gasteiger charge is -2.30. The van der Waals surface area contributed by atoms with Gasteiger partial charge in [-0.15, -0.1) is 6.58 Å². The average molecular weight is 255 g/mol. The van der Waals surface area contributed by atoms with Crippen molar-refractivity contribution in [2.75, 3.05) is 0 Å². The summed E-state index contributed by atoms with van der Waals surface area (Å²) in [6.07, 6.45) is 3.54. The predicted octanol–water partition coefficient (Wildman–Crippen LogP) is 3.07. The molecule has 2 atom stereocenters. The fourth-order valence-corrected chi connectivity index (χ4v) is 2.44. The first-order chi connectivity index (χ1) is 9.15. The Morgan fingerprint density at radius 1 is 1.32 bits per heavy atom. The molecule has 2 rings (SSSR count). The molecule has 0 saturated carbocycles. The monoisotopic (exact) mass is 255 g/mol. The van der Waals surface area contributed by atoms with Gasteiger partial charge in [0, 0.05) is 17.7 Å². The molecule has 19 heavy (non-hydrogen) atoms. The summed E-state index contributed by atoms with van der Waals surface area (Å²) in [4.78, 5) is 0. The highest BCUT2D eigenvalue weighted by atomic mass is 16.4. The van der Waals surface area contributed by atoms with Gasteiger partial charge in [-0.2, -0.15) is 0 Å². The van der Waals surface area contributed by atoms with Gasteiger partial charge < -0.3 is 9.97 Å². The molecule has 0 aromatic heterocycles. The van der Waals surface area contributed by atoms with E-state index in [1.54, 1.807) is 0 Å². The van der Waals surface area contributed by atoms with Crippen molar-refractivity contribution in [2.24, 2.45) is 0 Å². The molecule has 1 saturated heterocycles. The van der Waals surface area contributed by atoms with Crippen molar-refractivity contribution in [2.45, 2.75) is 38.2 Å². The Balaban J connectivity index is 1.80. The summed E-state index contributed by atoms with van der Waals surface area (Å²) in [5, 5.41) is 3.47. The minimum absolute atomic E-state index is 0.348. The zero-order chi connectivity index (χ0) is 13.7. The van der Waals surface area contributed by atoms with Crippen LogP contribution in [0.2, 0.25) is 0 Å². The number of hydrogen-bond donors (Lipinski definition) is 1. The first-order valence-corrected chi connectivity index (χ1v) is 6.92. The zero-order valence-electron chi connectivity index (χ0n) is 11.7. The number of benzene rings is 1. The summed E-state index contributed by atoms with van der Waals surface area (Å²) >= 11 is 0. The van der Waals surface area contributed by atoms with Crippen molar-refractivity contribution in [1.82, 2.24) is 5.32 Å². The highest BCUT2D eigenvalue weighted by molar-refractivity contribution is 6.30. The van der Waals surface area contributed by atoms with Crippen LogP contribution in [-0.4, -0.2) is 19.5 Å². The summed E-state index contributed by atoms with van der Waals surface area (Å²) in [5.74, 6) is 0.370. The van der Waals surface area contributed by atoms with Crippen LogP contribution in [0, 0.1) is 0 Å². The van der Waals surface area contributed by atoms with Crippen molar-refractivity contribution in [3.63, 3.8) is 0 Å². The summed E-state index contributed by atoms with van der Waals surface area (Å²) in [7, 11) is 0.754. The van der Waals surface area contributed by atoms with Crippen LogP contribution in [0.15, 0.2) is 49.1 Å². The van der Waals surface area contributed by atoms with Crippen LogP contribution in [0.1, 0.15) is 31.7 Å². The van der Waals surface area contributed by atoms with Crippen molar-refractivity contribution < 1.29 is 4.65 Å². The molecule has 0 bridgehead atoms. The van der Waals surface area contributed by atoms with E-state index < -0.39 is 0 Å². The molecular weight excluding hydrogens is 233 g/mol. The molecule has 100 valence electrons. The fraction of sp³-hybridized carbons (Fsp3) is 0.375. The maximum absolute atomic E-state index is 5.87. The Labute approximate surface area is 116 Å². The van der Waals surface area contributed by atoms with Crippen LogP contribution in [0.25, 0.3) is 5.70 Å². The second-order valence-electron chi connectivity index (χ2n) is 5.38. The predicted molar refractivity (Wildman–Crippen MR) is 83.1 cm³/mol. The van der Waals surface area contributed by atoms with Gasteiger partial charge >= 0.3 is 0 Å². The first-order valence-electron chi connectivity index (χ1n) is 6.92. The van der Waals surface area contributed by atoms with Crippen LogP contribution < -0.4 is 5.32 Å². The Bertz CT molecular complexity index is 435. The van der Waals surface area contributed by atoms with Gasteiger partial charge in [0.25, 0.3) is 7.48 Å². The van der Waals surface area contributed by atoms with E-state index in [0.717, 1.165) is 38.0 Å². The van der Waals surface area contributed by atoms with Crippen molar-refractivity contribution in [1.29, 1.82) is 0 Å². The third kappa shape index (κ3) is 4.28. The third-order valence-corrected chi connectivity index (χ3v) is 3.45. The maximum atomic E-state index is 5.87. The van der Waals surface area contributed by atoms with E-state index in [1.165, 1.54) is 5.57 Å². The van der Waals surface area contributed by atoms with Crippen LogP contribution in [0.5, 0.6) is 0 Å². The molecule has 3 heteroatoms. The third-order valence-electron chi connectivity index (χ3n) is 3.45. The van der Waals surface area contributed by atoms with Gasteiger partial charge in [0.1, 0.15) is 0 Å². The highest BCUT2D eigenvalue weighted by Crippen LogP contribution is 2.19. The topological polar surface area (TPSA) is 21.3 Å². The van der Waals surface area contributed by atoms with Crippen molar-refractivity contribution >= 4 is 13.2 Å². The van der Waals surface area contributed by atoms with Gasteiger partial charge in [0.15, 0.2) is 0 Å². The van der Waals surface area contributed by atoms with Gasteiger partial charge in [-0.3, -0.25) is 0 Å². The minimum atomic E-state index is 0.348. The van der Waals surface area contributed by atoms with Gasteiger partial charge in [-0.05, 0) is 31.7 Å². The summed E-state index contributed by atoms with van der Waals surface area (Å²) in [6.45, 7) is 10.1. The highest BCUT2D eigenvalue weighted by Gasteiger charge is 2.23. The van der Waals surface area contributed by atoms with Crippen molar-refractivity contribution in [3.05, 3.63) is 54.6 Å². The number of rotatable bonds is 5. The molecule has 1 heterocycles. The molecule has 2 nitrogen and oxygen atoms in total. The number of nitrogens with one attached hydrogen (secondary N) is 1. The van der Waals surface area contributed by atoms with Crippen LogP contribution >= 0.6 is 0 Å². The van der Waals surface area contributed by atoms with Gasteiger partial charge in [-0.25, -0.2) is 0 Å². The van der Waals surface area contributed by atoms with E-state index in [2.05, 4.69) is 37.5 Å². The molecule has 2 unspecified atom stereocenters. The quantitative estimate of drug-likeness (QED) is 0.645. The van der Waals surface area contributed by atoms with Gasteiger partial charge in [0.05, 0.1) is 0 Å². The molecule has 1 fully saturated rings. The van der Waals surface area contributed by atoms with Gasteiger partial charge in [-0.1, -0.05) is 42.5 Å². The second kappa shape index (κ2) is 6.62. The smallest absolute Gasteiger partial charge is 0.297 e. The molecule has 0 radical (unpaired) electrons. The van der Waals surface area contributed by atoms with E-state index in [4.69, 9.17) is 4.65 Å². The van der Waals surface area contributed by atoms with E-state index in [9.17, 15) is 0 Å². The first kappa shape index (κ1) is 13.9. The lowest BCUT2D eigenvalue weighted by molar-refractivity contribution is 0.169. The number of hydrogen-bond acceptors (Lipinski definition) is 2.